The second-order valence-corrected chi connectivity index (χ2v) is 3.18. The lowest BCUT2D eigenvalue weighted by atomic mass is 10.0. The van der Waals surface area contributed by atoms with Crippen molar-refractivity contribution in [2.75, 3.05) is 32.7 Å². The molecule has 1 N–H and O–H groups in total. The van der Waals surface area contributed by atoms with Gasteiger partial charge in [0.25, 0.3) is 0 Å². The van der Waals surface area contributed by atoms with Gasteiger partial charge in [-0.25, -0.2) is 0 Å². The number of hydrogen-bond donors (Lipinski definition) is 1. The van der Waals surface area contributed by atoms with Gasteiger partial charge in [0.15, 0.2) is 0 Å². The third-order valence-electron chi connectivity index (χ3n) is 2.33. The van der Waals surface area contributed by atoms with Gasteiger partial charge in [-0.1, -0.05) is 0 Å². The molecule has 0 aromatic carbocycles. The van der Waals surface area contributed by atoms with Crippen molar-refractivity contribution in [1.82, 2.24) is 10.2 Å². The molecular formula is C7H14N2. The van der Waals surface area contributed by atoms with Gasteiger partial charge in [-0.3, -0.25) is 0 Å². The molecule has 0 saturated carbocycles. The Morgan fingerprint density at radius 2 is 2.11 bits per heavy atom. The fraction of sp³-hybridized carbons (Fsp3) is 1.00. The molecule has 0 atom stereocenters. The first kappa shape index (κ1) is 5.69. The van der Waals surface area contributed by atoms with Gasteiger partial charge in [0.05, 0.1) is 0 Å². The second kappa shape index (κ2) is 2.27. The van der Waals surface area contributed by atoms with E-state index in [0.29, 0.717) is 0 Å². The standard InChI is InChI=1S/C7H14N2/c1-2-9(3-1)6-7-4-8-5-7/h7-8H,1-6H2. The molecule has 2 aliphatic heterocycles. The lowest BCUT2D eigenvalue weighted by Gasteiger charge is -2.37. The molecule has 2 heterocycles. The number of hydrogen-bond acceptors (Lipinski definition) is 2. The minimum Gasteiger partial charge on any atom is -0.316 e. The fourth-order valence-electron chi connectivity index (χ4n) is 1.41. The van der Waals surface area contributed by atoms with Crippen LogP contribution in [0.3, 0.4) is 0 Å². The average Bonchev–Trinajstić information content (AvgIpc) is 1.57. The van der Waals surface area contributed by atoms with E-state index in [1.807, 2.05) is 0 Å². The summed E-state index contributed by atoms with van der Waals surface area (Å²) in [6.07, 6.45) is 1.43. The van der Waals surface area contributed by atoms with Crippen molar-refractivity contribution in [1.29, 1.82) is 0 Å². The van der Waals surface area contributed by atoms with Crippen molar-refractivity contribution in [3.8, 4) is 0 Å². The van der Waals surface area contributed by atoms with Gasteiger partial charge < -0.3 is 10.2 Å². The first-order valence-electron chi connectivity index (χ1n) is 3.88. The van der Waals surface area contributed by atoms with E-state index in [9.17, 15) is 0 Å². The smallest absolute Gasteiger partial charge is 0.00340 e. The zero-order valence-electron chi connectivity index (χ0n) is 5.77. The van der Waals surface area contributed by atoms with E-state index in [0.717, 1.165) is 5.92 Å². The monoisotopic (exact) mass is 126 g/mol. The van der Waals surface area contributed by atoms with Gasteiger partial charge in [0.1, 0.15) is 0 Å². The number of nitrogens with one attached hydrogen (secondary N) is 1. The molecule has 0 amide bonds. The number of rotatable bonds is 2. The Hall–Kier alpha value is -0.0800. The molecule has 9 heavy (non-hydrogen) atoms. The van der Waals surface area contributed by atoms with E-state index in [-0.39, 0.29) is 0 Å². The summed E-state index contributed by atoms with van der Waals surface area (Å²) in [6, 6.07) is 0. The van der Waals surface area contributed by atoms with Crippen molar-refractivity contribution >= 4 is 0 Å². The summed E-state index contributed by atoms with van der Waals surface area (Å²) in [5, 5.41) is 3.29. The highest BCUT2D eigenvalue weighted by Gasteiger charge is 2.22. The molecular weight excluding hydrogens is 112 g/mol. The molecule has 0 unspecified atom stereocenters. The van der Waals surface area contributed by atoms with E-state index >= 15 is 0 Å². The Kier molecular flexibility index (Phi) is 1.44. The minimum absolute atomic E-state index is 0.977. The normalized spacial score (nSPS) is 29.3. The molecule has 0 bridgehead atoms. The third kappa shape index (κ3) is 1.10. The first-order valence-corrected chi connectivity index (χ1v) is 3.88. The molecule has 0 aliphatic carbocycles. The maximum atomic E-state index is 3.29. The highest BCUT2D eigenvalue weighted by Crippen LogP contribution is 2.11. The number of likely N-dealkylation sites (tertiary alicyclic amines) is 1. The van der Waals surface area contributed by atoms with Crippen LogP contribution in [-0.2, 0) is 0 Å². The summed E-state index contributed by atoms with van der Waals surface area (Å²) >= 11 is 0. The van der Waals surface area contributed by atoms with Crippen molar-refractivity contribution in [3.05, 3.63) is 0 Å². The van der Waals surface area contributed by atoms with Crippen LogP contribution in [0, 0.1) is 5.92 Å². The van der Waals surface area contributed by atoms with Crippen molar-refractivity contribution in [3.63, 3.8) is 0 Å². The molecule has 2 aliphatic rings. The molecule has 2 rings (SSSR count). The molecule has 52 valence electrons. The average molecular weight is 126 g/mol. The Labute approximate surface area is 56.2 Å². The van der Waals surface area contributed by atoms with Crippen LogP contribution in [0.15, 0.2) is 0 Å². The number of nitrogens with zero attached hydrogens (tertiary/aromatic N) is 1. The zero-order valence-corrected chi connectivity index (χ0v) is 5.77. The van der Waals surface area contributed by atoms with Crippen LogP contribution in [0.2, 0.25) is 0 Å². The topological polar surface area (TPSA) is 15.3 Å². The van der Waals surface area contributed by atoms with Crippen LogP contribution >= 0.6 is 0 Å². The summed E-state index contributed by atoms with van der Waals surface area (Å²) in [5.74, 6) is 0.977. The lowest BCUT2D eigenvalue weighted by Crippen LogP contribution is -2.51. The largest absolute Gasteiger partial charge is 0.316 e. The quantitative estimate of drug-likeness (QED) is 0.556. The molecule has 0 aromatic heterocycles. The first-order chi connectivity index (χ1) is 4.45. The Morgan fingerprint density at radius 3 is 2.44 bits per heavy atom. The highest BCUT2D eigenvalue weighted by atomic mass is 15.2. The van der Waals surface area contributed by atoms with Crippen LogP contribution in [0.1, 0.15) is 6.42 Å². The molecule has 0 radical (unpaired) electrons. The van der Waals surface area contributed by atoms with E-state index in [1.165, 1.54) is 39.1 Å². The maximum absolute atomic E-state index is 3.29. The molecule has 2 saturated heterocycles. The fourth-order valence-corrected chi connectivity index (χ4v) is 1.41. The predicted octanol–water partition coefficient (Wildman–Crippen LogP) is -0.0885. The molecule has 2 nitrogen and oxygen atoms in total. The molecule has 0 spiro atoms. The lowest BCUT2D eigenvalue weighted by molar-refractivity contribution is 0.131. The highest BCUT2D eigenvalue weighted by molar-refractivity contribution is 4.80. The van der Waals surface area contributed by atoms with E-state index < -0.39 is 0 Å². The summed E-state index contributed by atoms with van der Waals surface area (Å²) < 4.78 is 0. The van der Waals surface area contributed by atoms with Crippen molar-refractivity contribution in [2.24, 2.45) is 5.92 Å². The summed E-state index contributed by atoms with van der Waals surface area (Å²) in [7, 11) is 0. The van der Waals surface area contributed by atoms with E-state index in [2.05, 4.69) is 10.2 Å². The Bertz CT molecular complexity index is 83.1. The molecule has 0 aromatic rings. The molecule has 2 heteroatoms. The van der Waals surface area contributed by atoms with Gasteiger partial charge in [-0.05, 0) is 25.4 Å². The van der Waals surface area contributed by atoms with Crippen LogP contribution in [-0.4, -0.2) is 37.6 Å². The van der Waals surface area contributed by atoms with Crippen molar-refractivity contribution < 1.29 is 0 Å². The van der Waals surface area contributed by atoms with Crippen molar-refractivity contribution in [2.45, 2.75) is 6.42 Å². The van der Waals surface area contributed by atoms with Crippen LogP contribution in [0.4, 0.5) is 0 Å². The molecule has 2 fully saturated rings. The van der Waals surface area contributed by atoms with E-state index in [1.54, 1.807) is 0 Å². The Balaban J connectivity index is 1.64. The second-order valence-electron chi connectivity index (χ2n) is 3.18. The van der Waals surface area contributed by atoms with Crippen LogP contribution in [0.5, 0.6) is 0 Å². The minimum atomic E-state index is 0.977. The summed E-state index contributed by atoms with van der Waals surface area (Å²) in [5.41, 5.74) is 0. The van der Waals surface area contributed by atoms with Gasteiger partial charge in [0, 0.05) is 19.6 Å². The zero-order chi connectivity index (χ0) is 6.10. The van der Waals surface area contributed by atoms with Gasteiger partial charge in [-0.2, -0.15) is 0 Å². The third-order valence-corrected chi connectivity index (χ3v) is 2.33. The summed E-state index contributed by atoms with van der Waals surface area (Å²) in [6.45, 7) is 6.59. The van der Waals surface area contributed by atoms with Gasteiger partial charge >= 0.3 is 0 Å². The van der Waals surface area contributed by atoms with Gasteiger partial charge in [0.2, 0.25) is 0 Å². The Morgan fingerprint density at radius 1 is 1.33 bits per heavy atom. The van der Waals surface area contributed by atoms with Crippen LogP contribution < -0.4 is 5.32 Å². The van der Waals surface area contributed by atoms with Gasteiger partial charge in [-0.15, -0.1) is 0 Å². The SMILES string of the molecule is C1CN(CC2CNC2)C1. The maximum Gasteiger partial charge on any atom is 0.00340 e. The van der Waals surface area contributed by atoms with Crippen LogP contribution in [0.25, 0.3) is 0 Å². The van der Waals surface area contributed by atoms with E-state index in [4.69, 9.17) is 0 Å². The summed E-state index contributed by atoms with van der Waals surface area (Å²) in [4.78, 5) is 2.55. The predicted molar refractivity (Wildman–Crippen MR) is 37.4 cm³/mol.